The summed E-state index contributed by atoms with van der Waals surface area (Å²) in [6, 6.07) is 5.29. The summed E-state index contributed by atoms with van der Waals surface area (Å²) in [7, 11) is 1.67. The van der Waals surface area contributed by atoms with Gasteiger partial charge in [-0.3, -0.25) is 9.59 Å². The van der Waals surface area contributed by atoms with Crippen molar-refractivity contribution in [1.29, 1.82) is 0 Å². The second-order valence-electron chi connectivity index (χ2n) is 5.63. The van der Waals surface area contributed by atoms with Crippen molar-refractivity contribution in [3.8, 4) is 0 Å². The molecule has 5 heteroatoms. The SMILES string of the molecule is CCCC1C=CCN1C(=O)c1ccc2c(=O)n(C)cnc2c1. The Bertz CT molecular complexity index is 807. The summed E-state index contributed by atoms with van der Waals surface area (Å²) in [6.07, 6.45) is 7.61. The summed E-state index contributed by atoms with van der Waals surface area (Å²) in [5, 5.41) is 0.534. The van der Waals surface area contributed by atoms with Crippen LogP contribution in [0.1, 0.15) is 30.1 Å². The zero-order valence-corrected chi connectivity index (χ0v) is 12.8. The largest absolute Gasteiger partial charge is 0.328 e. The summed E-state index contributed by atoms with van der Waals surface area (Å²) in [6.45, 7) is 2.76. The quantitative estimate of drug-likeness (QED) is 0.815. The van der Waals surface area contributed by atoms with Gasteiger partial charge in [-0.1, -0.05) is 25.5 Å². The van der Waals surface area contributed by atoms with E-state index < -0.39 is 0 Å². The van der Waals surface area contributed by atoms with Crippen molar-refractivity contribution in [3.63, 3.8) is 0 Å². The number of aromatic nitrogens is 2. The zero-order valence-electron chi connectivity index (χ0n) is 12.8. The zero-order chi connectivity index (χ0) is 15.7. The predicted octanol–water partition coefficient (Wildman–Crippen LogP) is 2.11. The number of carbonyl (C=O) groups excluding carboxylic acids is 1. The number of aryl methyl sites for hydroxylation is 1. The number of rotatable bonds is 3. The highest BCUT2D eigenvalue weighted by atomic mass is 16.2. The average Bonchev–Trinajstić information content (AvgIpc) is 2.98. The van der Waals surface area contributed by atoms with E-state index >= 15 is 0 Å². The van der Waals surface area contributed by atoms with Crippen LogP contribution in [0, 0.1) is 0 Å². The fourth-order valence-electron chi connectivity index (χ4n) is 2.86. The van der Waals surface area contributed by atoms with Gasteiger partial charge in [0.1, 0.15) is 0 Å². The Morgan fingerprint density at radius 2 is 2.23 bits per heavy atom. The van der Waals surface area contributed by atoms with Crippen LogP contribution < -0.4 is 5.56 Å². The van der Waals surface area contributed by atoms with E-state index in [0.717, 1.165) is 12.8 Å². The Kier molecular flexibility index (Phi) is 3.79. The van der Waals surface area contributed by atoms with Crippen LogP contribution in [0.2, 0.25) is 0 Å². The van der Waals surface area contributed by atoms with E-state index in [1.54, 1.807) is 25.2 Å². The Labute approximate surface area is 128 Å². The summed E-state index contributed by atoms with van der Waals surface area (Å²) >= 11 is 0. The van der Waals surface area contributed by atoms with Crippen molar-refractivity contribution in [1.82, 2.24) is 14.5 Å². The summed E-state index contributed by atoms with van der Waals surface area (Å²) in [5.74, 6) is -0.00664. The van der Waals surface area contributed by atoms with E-state index in [1.165, 1.54) is 10.9 Å². The fraction of sp³-hybridized carbons (Fsp3) is 0.353. The molecule has 1 aliphatic rings. The lowest BCUT2D eigenvalue weighted by Gasteiger charge is -2.24. The van der Waals surface area contributed by atoms with Gasteiger partial charge in [-0.25, -0.2) is 4.98 Å². The monoisotopic (exact) mass is 297 g/mol. The number of hydrogen-bond donors (Lipinski definition) is 0. The van der Waals surface area contributed by atoms with Crippen molar-refractivity contribution in [3.05, 3.63) is 52.6 Å². The first-order valence-electron chi connectivity index (χ1n) is 7.55. The first kappa shape index (κ1) is 14.5. The minimum Gasteiger partial charge on any atom is -0.328 e. The molecule has 0 spiro atoms. The number of amides is 1. The van der Waals surface area contributed by atoms with Gasteiger partial charge >= 0.3 is 0 Å². The maximum atomic E-state index is 12.7. The Balaban J connectivity index is 1.95. The highest BCUT2D eigenvalue weighted by Crippen LogP contribution is 2.19. The Morgan fingerprint density at radius 3 is 3.00 bits per heavy atom. The smallest absolute Gasteiger partial charge is 0.260 e. The third kappa shape index (κ3) is 2.43. The van der Waals surface area contributed by atoms with Gasteiger partial charge in [0, 0.05) is 19.2 Å². The van der Waals surface area contributed by atoms with Crippen molar-refractivity contribution in [2.45, 2.75) is 25.8 Å². The number of fused-ring (bicyclic) bond motifs is 1. The fourth-order valence-corrected chi connectivity index (χ4v) is 2.86. The van der Waals surface area contributed by atoms with E-state index in [4.69, 9.17) is 0 Å². The summed E-state index contributed by atoms with van der Waals surface area (Å²) < 4.78 is 1.44. The summed E-state index contributed by atoms with van der Waals surface area (Å²) in [5.41, 5.74) is 1.04. The molecule has 0 saturated carbocycles. The first-order chi connectivity index (χ1) is 10.6. The van der Waals surface area contributed by atoms with Crippen molar-refractivity contribution < 1.29 is 4.79 Å². The molecule has 0 aliphatic carbocycles. The third-order valence-corrected chi connectivity index (χ3v) is 4.07. The van der Waals surface area contributed by atoms with Crippen LogP contribution in [-0.4, -0.2) is 32.9 Å². The van der Waals surface area contributed by atoms with Gasteiger partial charge in [0.2, 0.25) is 0 Å². The van der Waals surface area contributed by atoms with E-state index in [-0.39, 0.29) is 17.5 Å². The molecule has 0 radical (unpaired) electrons. The molecular formula is C17H19N3O2. The molecule has 0 N–H and O–H groups in total. The van der Waals surface area contributed by atoms with Crippen molar-refractivity contribution >= 4 is 16.8 Å². The Hall–Kier alpha value is -2.43. The molecule has 1 unspecified atom stereocenters. The molecule has 0 fully saturated rings. The molecule has 5 nitrogen and oxygen atoms in total. The number of carbonyl (C=O) groups is 1. The lowest BCUT2D eigenvalue weighted by atomic mass is 10.1. The van der Waals surface area contributed by atoms with Crippen LogP contribution in [0.25, 0.3) is 10.9 Å². The molecule has 0 saturated heterocycles. The Morgan fingerprint density at radius 1 is 1.41 bits per heavy atom. The minimum atomic E-state index is -0.101. The molecule has 1 aromatic carbocycles. The van der Waals surface area contributed by atoms with Gasteiger partial charge in [-0.15, -0.1) is 0 Å². The topological polar surface area (TPSA) is 55.2 Å². The average molecular weight is 297 g/mol. The predicted molar refractivity (Wildman–Crippen MR) is 85.9 cm³/mol. The van der Waals surface area contributed by atoms with Gasteiger partial charge in [-0.2, -0.15) is 0 Å². The van der Waals surface area contributed by atoms with E-state index in [9.17, 15) is 9.59 Å². The molecule has 2 aromatic rings. The molecule has 1 aromatic heterocycles. The summed E-state index contributed by atoms with van der Waals surface area (Å²) in [4.78, 5) is 30.8. The van der Waals surface area contributed by atoms with Crippen molar-refractivity contribution in [2.75, 3.05) is 6.54 Å². The standard InChI is InChI=1S/C17H19N3O2/c1-3-5-13-6-4-9-20(13)16(21)12-7-8-14-15(10-12)18-11-19(2)17(14)22/h4,6-8,10-11,13H,3,5,9H2,1-2H3. The molecule has 3 rings (SSSR count). The second-order valence-corrected chi connectivity index (χ2v) is 5.63. The third-order valence-electron chi connectivity index (χ3n) is 4.07. The molecular weight excluding hydrogens is 278 g/mol. The molecule has 2 heterocycles. The number of nitrogens with zero attached hydrogens (tertiary/aromatic N) is 3. The number of benzene rings is 1. The number of hydrogen-bond acceptors (Lipinski definition) is 3. The maximum Gasteiger partial charge on any atom is 0.260 e. The normalized spacial score (nSPS) is 17.4. The van der Waals surface area contributed by atoms with Gasteiger partial charge in [0.25, 0.3) is 11.5 Å². The van der Waals surface area contributed by atoms with Gasteiger partial charge in [0.05, 0.1) is 23.3 Å². The molecule has 22 heavy (non-hydrogen) atoms. The molecule has 1 atom stereocenters. The first-order valence-corrected chi connectivity index (χ1v) is 7.55. The second kappa shape index (κ2) is 5.75. The lowest BCUT2D eigenvalue weighted by molar-refractivity contribution is 0.0744. The van der Waals surface area contributed by atoms with Crippen LogP contribution in [0.3, 0.4) is 0 Å². The lowest BCUT2D eigenvalue weighted by Crippen LogP contribution is -2.36. The highest BCUT2D eigenvalue weighted by Gasteiger charge is 2.25. The van der Waals surface area contributed by atoms with Crippen LogP contribution in [0.5, 0.6) is 0 Å². The van der Waals surface area contributed by atoms with E-state index in [2.05, 4.69) is 18.0 Å². The van der Waals surface area contributed by atoms with E-state index in [1.807, 2.05) is 11.0 Å². The highest BCUT2D eigenvalue weighted by molar-refractivity contribution is 5.98. The van der Waals surface area contributed by atoms with Crippen LogP contribution >= 0.6 is 0 Å². The van der Waals surface area contributed by atoms with Crippen molar-refractivity contribution in [2.24, 2.45) is 7.05 Å². The molecule has 1 aliphatic heterocycles. The van der Waals surface area contributed by atoms with Crippen LogP contribution in [-0.2, 0) is 7.05 Å². The van der Waals surface area contributed by atoms with Gasteiger partial charge in [-0.05, 0) is 24.6 Å². The van der Waals surface area contributed by atoms with Gasteiger partial charge < -0.3 is 9.47 Å². The molecule has 0 bridgehead atoms. The van der Waals surface area contributed by atoms with Crippen LogP contribution in [0.15, 0.2) is 41.5 Å². The molecule has 1 amide bonds. The van der Waals surface area contributed by atoms with E-state index in [0.29, 0.717) is 23.0 Å². The minimum absolute atomic E-state index is 0.00664. The molecule has 114 valence electrons. The van der Waals surface area contributed by atoms with Gasteiger partial charge in [0.15, 0.2) is 0 Å². The van der Waals surface area contributed by atoms with Crippen LogP contribution in [0.4, 0.5) is 0 Å². The maximum absolute atomic E-state index is 12.7.